The van der Waals surface area contributed by atoms with Gasteiger partial charge in [0, 0.05) is 32.2 Å². The van der Waals surface area contributed by atoms with Crippen molar-refractivity contribution in [3.63, 3.8) is 0 Å². The zero-order chi connectivity index (χ0) is 16.4. The maximum absolute atomic E-state index is 12.3. The van der Waals surface area contributed by atoms with Gasteiger partial charge in [-0.05, 0) is 24.3 Å². The number of hydrogen-bond acceptors (Lipinski definition) is 2. The Labute approximate surface area is 152 Å². The summed E-state index contributed by atoms with van der Waals surface area (Å²) in [5.74, 6) is 0. The molecule has 1 heterocycles. The van der Waals surface area contributed by atoms with E-state index in [1.165, 1.54) is 0 Å². The Morgan fingerprint density at radius 3 is 2.78 bits per heavy atom. The number of halogens is 2. The van der Waals surface area contributed by atoms with E-state index in [0.717, 1.165) is 30.1 Å². The minimum absolute atomic E-state index is 0.170. The van der Waals surface area contributed by atoms with Crippen LogP contribution in [0.3, 0.4) is 0 Å². The summed E-state index contributed by atoms with van der Waals surface area (Å²) in [5, 5.41) is 4.64. The number of hydrogen-bond donors (Lipinski definition) is 1. The van der Waals surface area contributed by atoms with Gasteiger partial charge in [-0.1, -0.05) is 51.8 Å². The molecule has 3 rings (SSSR count). The van der Waals surface area contributed by atoms with Crippen molar-refractivity contribution in [1.82, 2.24) is 4.90 Å². The van der Waals surface area contributed by atoms with E-state index >= 15 is 0 Å². The molecule has 0 radical (unpaired) electrons. The number of thiophene rings is 1. The lowest BCUT2D eigenvalue weighted by molar-refractivity contribution is 0.221. The first kappa shape index (κ1) is 16.3. The summed E-state index contributed by atoms with van der Waals surface area (Å²) in [6.07, 6.45) is 0. The molecule has 0 aliphatic rings. The third-order valence-electron chi connectivity index (χ3n) is 3.40. The monoisotopic (exact) mass is 408 g/mol. The summed E-state index contributed by atoms with van der Waals surface area (Å²) < 4.78 is 2.05. The number of fused-ring (bicyclic) bond motifs is 1. The zero-order valence-electron chi connectivity index (χ0n) is 12.3. The third-order valence-corrected chi connectivity index (χ3v) is 5.60. The van der Waals surface area contributed by atoms with Gasteiger partial charge in [0.2, 0.25) is 0 Å². The van der Waals surface area contributed by atoms with Crippen LogP contribution in [-0.4, -0.2) is 18.0 Å². The van der Waals surface area contributed by atoms with Crippen molar-refractivity contribution >= 4 is 60.7 Å². The smallest absolute Gasteiger partial charge is 0.321 e. The average Bonchev–Trinajstić information content (AvgIpc) is 2.84. The van der Waals surface area contributed by atoms with Crippen LogP contribution in [0, 0.1) is 0 Å². The van der Waals surface area contributed by atoms with Crippen LogP contribution in [0.2, 0.25) is 5.02 Å². The third kappa shape index (κ3) is 3.68. The Kier molecular flexibility index (Phi) is 4.90. The molecule has 1 aromatic heterocycles. The van der Waals surface area contributed by atoms with E-state index in [1.54, 1.807) is 23.3 Å². The molecule has 6 heteroatoms. The number of carbonyl (C=O) groups excluding carboxylic acids is 1. The van der Waals surface area contributed by atoms with Gasteiger partial charge in [0.15, 0.2) is 0 Å². The van der Waals surface area contributed by atoms with E-state index in [4.69, 9.17) is 11.6 Å². The van der Waals surface area contributed by atoms with E-state index in [9.17, 15) is 4.79 Å². The second kappa shape index (κ2) is 6.91. The van der Waals surface area contributed by atoms with Gasteiger partial charge in [-0.3, -0.25) is 0 Å². The minimum atomic E-state index is -0.170. The van der Waals surface area contributed by atoms with Crippen LogP contribution in [0.1, 0.15) is 4.88 Å². The molecule has 2 amide bonds. The van der Waals surface area contributed by atoms with Gasteiger partial charge in [-0.2, -0.15) is 0 Å². The standard InChI is InChI=1S/C17H14BrClN2OS/c1-21(17(22)20-12-6-4-5-11(18)9-12)10-15-16(19)13-7-2-3-8-14(13)23-15/h2-9H,10H2,1H3,(H,20,22). The second-order valence-corrected chi connectivity index (χ2v) is 7.56. The highest BCUT2D eigenvalue weighted by Crippen LogP contribution is 2.35. The van der Waals surface area contributed by atoms with Crippen LogP contribution in [0.25, 0.3) is 10.1 Å². The quantitative estimate of drug-likeness (QED) is 0.567. The van der Waals surface area contributed by atoms with Crippen molar-refractivity contribution < 1.29 is 4.79 Å². The number of nitrogens with one attached hydrogen (secondary N) is 1. The minimum Gasteiger partial charge on any atom is -0.322 e. The fourth-order valence-corrected chi connectivity index (χ4v) is 4.18. The zero-order valence-corrected chi connectivity index (χ0v) is 15.5. The van der Waals surface area contributed by atoms with Crippen molar-refractivity contribution in [3.05, 3.63) is 62.9 Å². The predicted octanol–water partition coefficient (Wildman–Crippen LogP) is 5.98. The van der Waals surface area contributed by atoms with Crippen molar-refractivity contribution in [1.29, 1.82) is 0 Å². The van der Waals surface area contributed by atoms with Crippen LogP contribution in [-0.2, 0) is 6.54 Å². The topological polar surface area (TPSA) is 32.3 Å². The van der Waals surface area contributed by atoms with Crippen molar-refractivity contribution in [3.8, 4) is 0 Å². The Morgan fingerprint density at radius 1 is 1.26 bits per heavy atom. The molecule has 0 atom stereocenters. The molecule has 1 N–H and O–H groups in total. The van der Waals surface area contributed by atoms with E-state index in [0.29, 0.717) is 6.54 Å². The molecule has 0 spiro atoms. The van der Waals surface area contributed by atoms with Gasteiger partial charge in [0.05, 0.1) is 11.6 Å². The van der Waals surface area contributed by atoms with Gasteiger partial charge in [-0.15, -0.1) is 11.3 Å². The molecule has 0 bridgehead atoms. The van der Waals surface area contributed by atoms with Crippen LogP contribution in [0.5, 0.6) is 0 Å². The van der Waals surface area contributed by atoms with Gasteiger partial charge in [0.1, 0.15) is 0 Å². The van der Waals surface area contributed by atoms with Crippen LogP contribution < -0.4 is 5.32 Å². The van der Waals surface area contributed by atoms with Crippen molar-refractivity contribution in [2.75, 3.05) is 12.4 Å². The Balaban J connectivity index is 1.73. The number of rotatable bonds is 3. The van der Waals surface area contributed by atoms with E-state index < -0.39 is 0 Å². The van der Waals surface area contributed by atoms with E-state index in [2.05, 4.69) is 21.2 Å². The summed E-state index contributed by atoms with van der Waals surface area (Å²) in [7, 11) is 1.76. The second-order valence-electron chi connectivity index (χ2n) is 5.13. The fraction of sp³-hybridized carbons (Fsp3) is 0.118. The summed E-state index contributed by atoms with van der Waals surface area (Å²) in [4.78, 5) is 14.9. The highest BCUT2D eigenvalue weighted by molar-refractivity contribution is 9.10. The molecule has 3 aromatic rings. The number of carbonyl (C=O) groups is 1. The van der Waals surface area contributed by atoms with Crippen molar-refractivity contribution in [2.24, 2.45) is 0 Å². The van der Waals surface area contributed by atoms with E-state index in [1.807, 2.05) is 48.5 Å². The first-order chi connectivity index (χ1) is 11.0. The molecule has 3 nitrogen and oxygen atoms in total. The molecule has 23 heavy (non-hydrogen) atoms. The summed E-state index contributed by atoms with van der Waals surface area (Å²) in [6, 6.07) is 15.3. The van der Waals surface area contributed by atoms with Gasteiger partial charge < -0.3 is 10.2 Å². The van der Waals surface area contributed by atoms with Crippen LogP contribution in [0.15, 0.2) is 53.0 Å². The molecule has 0 aliphatic carbocycles. The lowest BCUT2D eigenvalue weighted by Gasteiger charge is -2.17. The lowest BCUT2D eigenvalue weighted by Crippen LogP contribution is -2.30. The lowest BCUT2D eigenvalue weighted by atomic mass is 10.2. The number of anilines is 1. The summed E-state index contributed by atoms with van der Waals surface area (Å²) in [6.45, 7) is 0.470. The molecule has 0 aliphatic heterocycles. The largest absolute Gasteiger partial charge is 0.322 e. The van der Waals surface area contributed by atoms with E-state index in [-0.39, 0.29) is 6.03 Å². The summed E-state index contributed by atoms with van der Waals surface area (Å²) in [5.41, 5.74) is 0.749. The van der Waals surface area contributed by atoms with Gasteiger partial charge in [0.25, 0.3) is 0 Å². The van der Waals surface area contributed by atoms with Crippen molar-refractivity contribution in [2.45, 2.75) is 6.54 Å². The molecule has 118 valence electrons. The molecule has 2 aromatic carbocycles. The first-order valence-electron chi connectivity index (χ1n) is 6.98. The fourth-order valence-electron chi connectivity index (χ4n) is 2.24. The molecule has 0 saturated carbocycles. The molecular formula is C17H14BrClN2OS. The predicted molar refractivity (Wildman–Crippen MR) is 101 cm³/mol. The molecule has 0 saturated heterocycles. The highest BCUT2D eigenvalue weighted by Gasteiger charge is 2.15. The summed E-state index contributed by atoms with van der Waals surface area (Å²) >= 11 is 11.4. The average molecular weight is 410 g/mol. The molecule has 0 unspecified atom stereocenters. The maximum Gasteiger partial charge on any atom is 0.321 e. The normalized spacial score (nSPS) is 10.7. The van der Waals surface area contributed by atoms with Gasteiger partial charge in [-0.25, -0.2) is 4.79 Å². The highest BCUT2D eigenvalue weighted by atomic mass is 79.9. The van der Waals surface area contributed by atoms with Crippen LogP contribution >= 0.6 is 38.9 Å². The number of nitrogens with zero attached hydrogens (tertiary/aromatic N) is 1. The number of amides is 2. The number of urea groups is 1. The molecule has 0 fully saturated rings. The molecular weight excluding hydrogens is 396 g/mol. The SMILES string of the molecule is CN(Cc1sc2ccccc2c1Cl)C(=O)Nc1cccc(Br)c1. The van der Waals surface area contributed by atoms with Gasteiger partial charge >= 0.3 is 6.03 Å². The Hall–Kier alpha value is -1.56. The Morgan fingerprint density at radius 2 is 2.04 bits per heavy atom. The maximum atomic E-state index is 12.3. The first-order valence-corrected chi connectivity index (χ1v) is 8.97. The Bertz CT molecular complexity index is 865. The number of benzene rings is 2. The van der Waals surface area contributed by atoms with Crippen LogP contribution in [0.4, 0.5) is 10.5 Å².